The number of piperazine rings is 1. The zero-order valence-corrected chi connectivity index (χ0v) is 15.8. The van der Waals surface area contributed by atoms with Crippen LogP contribution in [0.3, 0.4) is 0 Å². The number of rotatable bonds is 4. The van der Waals surface area contributed by atoms with Crippen molar-refractivity contribution in [3.63, 3.8) is 0 Å². The van der Waals surface area contributed by atoms with Crippen LogP contribution in [0.4, 0.5) is 5.88 Å². The quantitative estimate of drug-likeness (QED) is 0.710. The smallest absolute Gasteiger partial charge is 0.200 e. The standard InChI is InChI=1S/C22H24N2O3/c1-16-20(26-15-17-6-4-3-5-7-17)9-8-18-19(25)14-21(27-22(16)18)24-12-10-23(2)11-13-24/h3-9,14H,10-13,15H2,1-2H3. The minimum absolute atomic E-state index is 0.0112. The molecule has 0 saturated carbocycles. The Labute approximate surface area is 158 Å². The molecule has 0 aliphatic carbocycles. The predicted octanol–water partition coefficient (Wildman–Crippen LogP) is 3.43. The molecule has 0 spiro atoms. The first-order chi connectivity index (χ1) is 13.1. The molecule has 1 aliphatic heterocycles. The SMILES string of the molecule is Cc1c(OCc2ccccc2)ccc2c(=O)cc(N3CCN(C)CC3)oc12. The fourth-order valence-corrected chi connectivity index (χ4v) is 3.40. The van der Waals surface area contributed by atoms with Gasteiger partial charge in [0.25, 0.3) is 0 Å². The number of hydrogen-bond donors (Lipinski definition) is 0. The summed E-state index contributed by atoms with van der Waals surface area (Å²) in [6.45, 7) is 6.05. The molecule has 0 radical (unpaired) electrons. The lowest BCUT2D eigenvalue weighted by Gasteiger charge is -2.32. The first kappa shape index (κ1) is 17.6. The molecule has 0 atom stereocenters. The maximum atomic E-state index is 12.6. The van der Waals surface area contributed by atoms with E-state index in [0.29, 0.717) is 23.5 Å². The van der Waals surface area contributed by atoms with Gasteiger partial charge in [-0.2, -0.15) is 0 Å². The van der Waals surface area contributed by atoms with Gasteiger partial charge in [-0.1, -0.05) is 30.3 Å². The summed E-state index contributed by atoms with van der Waals surface area (Å²) in [5, 5.41) is 0.595. The van der Waals surface area contributed by atoms with Crippen LogP contribution in [-0.2, 0) is 6.61 Å². The monoisotopic (exact) mass is 364 g/mol. The zero-order chi connectivity index (χ0) is 18.8. The van der Waals surface area contributed by atoms with E-state index < -0.39 is 0 Å². The van der Waals surface area contributed by atoms with E-state index in [9.17, 15) is 4.79 Å². The molecule has 1 fully saturated rings. The van der Waals surface area contributed by atoms with E-state index in [1.54, 1.807) is 12.1 Å². The molecule has 1 aliphatic rings. The summed E-state index contributed by atoms with van der Waals surface area (Å²) in [6, 6.07) is 15.3. The summed E-state index contributed by atoms with van der Waals surface area (Å²) in [5.41, 5.74) is 2.56. The Hall–Kier alpha value is -2.79. The summed E-state index contributed by atoms with van der Waals surface area (Å²) in [4.78, 5) is 17.0. The normalized spacial score (nSPS) is 15.3. The molecule has 140 valence electrons. The van der Waals surface area contributed by atoms with Crippen molar-refractivity contribution in [1.29, 1.82) is 0 Å². The maximum Gasteiger partial charge on any atom is 0.200 e. The van der Waals surface area contributed by atoms with E-state index in [0.717, 1.165) is 43.1 Å². The van der Waals surface area contributed by atoms with Crippen LogP contribution in [0.15, 0.2) is 57.7 Å². The van der Waals surface area contributed by atoms with Gasteiger partial charge in [-0.15, -0.1) is 0 Å². The van der Waals surface area contributed by atoms with Gasteiger partial charge in [-0.3, -0.25) is 4.79 Å². The van der Waals surface area contributed by atoms with Gasteiger partial charge in [0.15, 0.2) is 11.3 Å². The topological polar surface area (TPSA) is 45.9 Å². The van der Waals surface area contributed by atoms with Gasteiger partial charge in [-0.05, 0) is 31.7 Å². The Morgan fingerprint density at radius 3 is 2.52 bits per heavy atom. The second-order valence-corrected chi connectivity index (χ2v) is 7.08. The fraction of sp³-hybridized carbons (Fsp3) is 0.318. The Morgan fingerprint density at radius 2 is 1.78 bits per heavy atom. The van der Waals surface area contributed by atoms with Crippen molar-refractivity contribution in [2.45, 2.75) is 13.5 Å². The molecular weight excluding hydrogens is 340 g/mol. The maximum absolute atomic E-state index is 12.6. The molecule has 0 bridgehead atoms. The molecule has 1 saturated heterocycles. The molecule has 2 aromatic carbocycles. The lowest BCUT2D eigenvalue weighted by Crippen LogP contribution is -2.44. The van der Waals surface area contributed by atoms with Gasteiger partial charge in [0.2, 0.25) is 0 Å². The van der Waals surface area contributed by atoms with Gasteiger partial charge < -0.3 is 19.0 Å². The van der Waals surface area contributed by atoms with E-state index in [-0.39, 0.29) is 5.43 Å². The molecular formula is C22H24N2O3. The number of likely N-dealkylation sites (N-methyl/N-ethyl adjacent to an activating group) is 1. The summed E-state index contributed by atoms with van der Waals surface area (Å²) in [6.07, 6.45) is 0. The molecule has 1 aromatic heterocycles. The van der Waals surface area contributed by atoms with Crippen LogP contribution in [-0.4, -0.2) is 38.1 Å². The van der Waals surface area contributed by atoms with Crippen molar-refractivity contribution in [3.8, 4) is 5.75 Å². The van der Waals surface area contributed by atoms with Crippen molar-refractivity contribution in [3.05, 3.63) is 69.9 Å². The molecule has 4 rings (SSSR count). The molecule has 0 unspecified atom stereocenters. The molecule has 3 aromatic rings. The summed E-state index contributed by atoms with van der Waals surface area (Å²) >= 11 is 0. The highest BCUT2D eigenvalue weighted by atomic mass is 16.5. The third-order valence-electron chi connectivity index (χ3n) is 5.13. The Bertz CT molecular complexity index is 990. The molecule has 5 nitrogen and oxygen atoms in total. The van der Waals surface area contributed by atoms with Crippen molar-refractivity contribution < 1.29 is 9.15 Å². The van der Waals surface area contributed by atoms with Crippen molar-refractivity contribution in [2.24, 2.45) is 0 Å². The van der Waals surface area contributed by atoms with E-state index in [2.05, 4.69) is 16.8 Å². The second kappa shape index (κ2) is 7.45. The van der Waals surface area contributed by atoms with Crippen LogP contribution < -0.4 is 15.1 Å². The first-order valence-electron chi connectivity index (χ1n) is 9.29. The van der Waals surface area contributed by atoms with Crippen LogP contribution in [0.25, 0.3) is 11.0 Å². The van der Waals surface area contributed by atoms with Crippen LogP contribution in [0.1, 0.15) is 11.1 Å². The molecule has 27 heavy (non-hydrogen) atoms. The highest BCUT2D eigenvalue weighted by Crippen LogP contribution is 2.29. The predicted molar refractivity (Wildman–Crippen MR) is 108 cm³/mol. The van der Waals surface area contributed by atoms with Gasteiger partial charge in [0.05, 0.1) is 5.39 Å². The third-order valence-corrected chi connectivity index (χ3v) is 5.13. The molecule has 0 N–H and O–H groups in total. The lowest BCUT2D eigenvalue weighted by molar-refractivity contribution is 0.303. The summed E-state index contributed by atoms with van der Waals surface area (Å²) in [5.74, 6) is 1.38. The first-order valence-corrected chi connectivity index (χ1v) is 9.29. The average molecular weight is 364 g/mol. The zero-order valence-electron chi connectivity index (χ0n) is 15.8. The van der Waals surface area contributed by atoms with Crippen molar-refractivity contribution >= 4 is 16.9 Å². The fourth-order valence-electron chi connectivity index (χ4n) is 3.40. The van der Waals surface area contributed by atoms with E-state index in [1.807, 2.05) is 43.3 Å². The lowest BCUT2D eigenvalue weighted by atomic mass is 10.1. The third kappa shape index (κ3) is 3.69. The number of hydrogen-bond acceptors (Lipinski definition) is 5. The van der Waals surface area contributed by atoms with Gasteiger partial charge in [-0.25, -0.2) is 0 Å². The van der Waals surface area contributed by atoms with Crippen LogP contribution in [0.5, 0.6) is 5.75 Å². The number of aryl methyl sites for hydroxylation is 1. The largest absolute Gasteiger partial charge is 0.488 e. The van der Waals surface area contributed by atoms with Gasteiger partial charge >= 0.3 is 0 Å². The highest BCUT2D eigenvalue weighted by Gasteiger charge is 2.19. The number of ether oxygens (including phenoxy) is 1. The average Bonchev–Trinajstić information content (AvgIpc) is 2.69. The minimum atomic E-state index is -0.0112. The van der Waals surface area contributed by atoms with Crippen LogP contribution >= 0.6 is 0 Å². The second-order valence-electron chi connectivity index (χ2n) is 7.08. The van der Waals surface area contributed by atoms with E-state index in [4.69, 9.17) is 9.15 Å². The summed E-state index contributed by atoms with van der Waals surface area (Å²) < 4.78 is 12.2. The Morgan fingerprint density at radius 1 is 1.04 bits per heavy atom. The number of fused-ring (bicyclic) bond motifs is 1. The summed E-state index contributed by atoms with van der Waals surface area (Å²) in [7, 11) is 2.11. The van der Waals surface area contributed by atoms with Crippen molar-refractivity contribution in [1.82, 2.24) is 4.90 Å². The number of anilines is 1. The van der Waals surface area contributed by atoms with E-state index >= 15 is 0 Å². The minimum Gasteiger partial charge on any atom is -0.488 e. The van der Waals surface area contributed by atoms with Crippen LogP contribution in [0.2, 0.25) is 0 Å². The van der Waals surface area contributed by atoms with Gasteiger partial charge in [0, 0.05) is 37.8 Å². The van der Waals surface area contributed by atoms with Crippen LogP contribution in [0, 0.1) is 6.92 Å². The van der Waals surface area contributed by atoms with Crippen molar-refractivity contribution in [2.75, 3.05) is 38.1 Å². The molecule has 0 amide bonds. The van der Waals surface area contributed by atoms with Gasteiger partial charge in [0.1, 0.15) is 17.9 Å². The van der Waals surface area contributed by atoms with E-state index in [1.165, 1.54) is 0 Å². The molecule has 2 heterocycles. The highest BCUT2D eigenvalue weighted by molar-refractivity contribution is 5.82. The number of nitrogens with zero attached hydrogens (tertiary/aromatic N) is 2. The number of benzene rings is 2. The Kier molecular flexibility index (Phi) is 4.86. The Balaban J connectivity index is 1.65. The molecule has 5 heteroatoms.